The number of aromatic nitrogens is 4. The van der Waals surface area contributed by atoms with Gasteiger partial charge < -0.3 is 5.32 Å². The summed E-state index contributed by atoms with van der Waals surface area (Å²) in [6.07, 6.45) is 0. The molecule has 22 heavy (non-hydrogen) atoms. The molecule has 0 bridgehead atoms. The third kappa shape index (κ3) is 2.85. The summed E-state index contributed by atoms with van der Waals surface area (Å²) in [6.45, 7) is 1.99. The Balaban J connectivity index is 1.75. The molecule has 3 aromatic rings. The van der Waals surface area contributed by atoms with E-state index in [1.807, 2.05) is 55.5 Å². The molecule has 1 N–H and O–H groups in total. The third-order valence-electron chi connectivity index (χ3n) is 3.33. The number of tetrazole rings is 1. The fourth-order valence-electron chi connectivity index (χ4n) is 2.08. The lowest BCUT2D eigenvalue weighted by Gasteiger charge is -2.06. The lowest BCUT2D eigenvalue weighted by Crippen LogP contribution is -2.11. The highest BCUT2D eigenvalue weighted by atomic mass is 16.1. The van der Waals surface area contributed by atoms with E-state index in [-0.39, 0.29) is 5.91 Å². The molecule has 0 unspecified atom stereocenters. The van der Waals surface area contributed by atoms with Gasteiger partial charge in [0.1, 0.15) is 0 Å². The van der Waals surface area contributed by atoms with Crippen LogP contribution in [-0.4, -0.2) is 26.1 Å². The maximum absolute atomic E-state index is 12.1. The quantitative estimate of drug-likeness (QED) is 0.805. The van der Waals surface area contributed by atoms with Crippen LogP contribution in [0.4, 0.5) is 5.69 Å². The Bertz CT molecular complexity index is 790. The molecule has 0 saturated carbocycles. The predicted molar refractivity (Wildman–Crippen MR) is 83.4 cm³/mol. The summed E-state index contributed by atoms with van der Waals surface area (Å²) in [5, 5.41) is 14.2. The van der Waals surface area contributed by atoms with Gasteiger partial charge in [-0.2, -0.15) is 0 Å². The first-order valence-corrected chi connectivity index (χ1v) is 6.84. The number of aryl methyl sites for hydroxylation is 2. The van der Waals surface area contributed by atoms with Crippen molar-refractivity contribution in [2.24, 2.45) is 7.05 Å². The number of carbonyl (C=O) groups excluding carboxylic acids is 1. The average molecular weight is 293 g/mol. The van der Waals surface area contributed by atoms with Crippen LogP contribution in [0.3, 0.4) is 0 Å². The van der Waals surface area contributed by atoms with Crippen molar-refractivity contribution in [1.82, 2.24) is 20.2 Å². The zero-order valence-corrected chi connectivity index (χ0v) is 12.3. The summed E-state index contributed by atoms with van der Waals surface area (Å²) >= 11 is 0. The zero-order valence-electron chi connectivity index (χ0n) is 12.3. The van der Waals surface area contributed by atoms with E-state index in [4.69, 9.17) is 0 Å². The van der Waals surface area contributed by atoms with E-state index in [9.17, 15) is 4.79 Å². The van der Waals surface area contributed by atoms with Gasteiger partial charge in [0.25, 0.3) is 5.91 Å². The number of carbonyl (C=O) groups is 1. The molecule has 0 atom stereocenters. The molecule has 0 spiro atoms. The van der Waals surface area contributed by atoms with E-state index >= 15 is 0 Å². The minimum atomic E-state index is -0.131. The second kappa shape index (κ2) is 5.77. The zero-order chi connectivity index (χ0) is 15.5. The first-order valence-electron chi connectivity index (χ1n) is 6.84. The van der Waals surface area contributed by atoms with Crippen LogP contribution in [0.5, 0.6) is 0 Å². The van der Waals surface area contributed by atoms with Crippen molar-refractivity contribution < 1.29 is 4.79 Å². The van der Waals surface area contributed by atoms with E-state index in [1.54, 1.807) is 11.7 Å². The van der Waals surface area contributed by atoms with Gasteiger partial charge >= 0.3 is 0 Å². The van der Waals surface area contributed by atoms with E-state index in [1.165, 1.54) is 0 Å². The van der Waals surface area contributed by atoms with Crippen molar-refractivity contribution in [1.29, 1.82) is 0 Å². The van der Waals surface area contributed by atoms with E-state index in [2.05, 4.69) is 20.8 Å². The first-order chi connectivity index (χ1) is 10.6. The Morgan fingerprint density at radius 2 is 1.73 bits per heavy atom. The van der Waals surface area contributed by atoms with E-state index < -0.39 is 0 Å². The van der Waals surface area contributed by atoms with Crippen LogP contribution in [-0.2, 0) is 7.05 Å². The highest BCUT2D eigenvalue weighted by Crippen LogP contribution is 2.18. The molecular formula is C16H15N5O. The standard InChI is InChI=1S/C16H15N5O/c1-11-3-5-13(6-4-11)16(22)17-14-9-7-12(8-10-14)15-18-19-20-21(15)2/h3-10H,1-2H3,(H,17,22). The number of hydrogen-bond acceptors (Lipinski definition) is 4. The Morgan fingerprint density at radius 3 is 2.32 bits per heavy atom. The monoisotopic (exact) mass is 293 g/mol. The molecule has 3 rings (SSSR count). The molecule has 0 aliphatic heterocycles. The second-order valence-corrected chi connectivity index (χ2v) is 5.02. The van der Waals surface area contributed by atoms with Crippen LogP contribution in [0.1, 0.15) is 15.9 Å². The fraction of sp³-hybridized carbons (Fsp3) is 0.125. The maximum atomic E-state index is 12.1. The SMILES string of the molecule is Cc1ccc(C(=O)Nc2ccc(-c3nnnn3C)cc2)cc1. The molecule has 0 aliphatic rings. The van der Waals surface area contributed by atoms with Crippen LogP contribution in [0, 0.1) is 6.92 Å². The summed E-state index contributed by atoms with van der Waals surface area (Å²) in [6, 6.07) is 14.9. The van der Waals surface area contributed by atoms with E-state index in [0.29, 0.717) is 11.4 Å². The van der Waals surface area contributed by atoms with Crippen molar-refractivity contribution in [3.05, 3.63) is 59.7 Å². The van der Waals surface area contributed by atoms with Crippen LogP contribution in [0.15, 0.2) is 48.5 Å². The Kier molecular flexibility index (Phi) is 3.65. The average Bonchev–Trinajstić information content (AvgIpc) is 2.95. The summed E-state index contributed by atoms with van der Waals surface area (Å²) in [5.41, 5.74) is 3.37. The molecule has 0 aliphatic carbocycles. The molecule has 1 aromatic heterocycles. The summed E-state index contributed by atoms with van der Waals surface area (Å²) in [7, 11) is 1.78. The number of rotatable bonds is 3. The van der Waals surface area contributed by atoms with Gasteiger partial charge in [0.15, 0.2) is 5.82 Å². The molecule has 6 heteroatoms. The van der Waals surface area contributed by atoms with Gasteiger partial charge in [0.2, 0.25) is 0 Å². The van der Waals surface area contributed by atoms with Gasteiger partial charge in [-0.25, -0.2) is 4.68 Å². The fourth-order valence-corrected chi connectivity index (χ4v) is 2.08. The topological polar surface area (TPSA) is 72.7 Å². The maximum Gasteiger partial charge on any atom is 0.255 e. The highest BCUT2D eigenvalue weighted by Gasteiger charge is 2.08. The minimum absolute atomic E-state index is 0.131. The molecule has 1 heterocycles. The molecule has 6 nitrogen and oxygen atoms in total. The van der Waals surface area contributed by atoms with Crippen LogP contribution < -0.4 is 5.32 Å². The number of amides is 1. The van der Waals surface area contributed by atoms with Gasteiger partial charge in [0, 0.05) is 23.9 Å². The normalized spacial score (nSPS) is 10.5. The van der Waals surface area contributed by atoms with Crippen LogP contribution >= 0.6 is 0 Å². The summed E-state index contributed by atoms with van der Waals surface area (Å²) in [4.78, 5) is 12.1. The Hall–Kier alpha value is -3.02. The van der Waals surface area contributed by atoms with Gasteiger partial charge in [-0.15, -0.1) is 5.10 Å². The molecule has 2 aromatic carbocycles. The van der Waals surface area contributed by atoms with Crippen molar-refractivity contribution >= 4 is 11.6 Å². The molecule has 1 amide bonds. The number of benzene rings is 2. The van der Waals surface area contributed by atoms with Gasteiger partial charge in [-0.05, 0) is 53.7 Å². The van der Waals surface area contributed by atoms with Gasteiger partial charge in [-0.1, -0.05) is 17.7 Å². The molecular weight excluding hydrogens is 278 g/mol. The molecule has 110 valence electrons. The summed E-state index contributed by atoms with van der Waals surface area (Å²) < 4.78 is 1.60. The lowest BCUT2D eigenvalue weighted by molar-refractivity contribution is 0.102. The number of nitrogens with zero attached hydrogens (tertiary/aromatic N) is 4. The van der Waals surface area contributed by atoms with Crippen molar-refractivity contribution in [3.8, 4) is 11.4 Å². The molecule has 0 radical (unpaired) electrons. The largest absolute Gasteiger partial charge is 0.322 e. The minimum Gasteiger partial charge on any atom is -0.322 e. The third-order valence-corrected chi connectivity index (χ3v) is 3.33. The lowest BCUT2D eigenvalue weighted by atomic mass is 10.1. The predicted octanol–water partition coefficient (Wildman–Crippen LogP) is 2.44. The van der Waals surface area contributed by atoms with E-state index in [0.717, 1.165) is 16.8 Å². The van der Waals surface area contributed by atoms with Crippen molar-refractivity contribution in [3.63, 3.8) is 0 Å². The molecule has 0 saturated heterocycles. The first kappa shape index (κ1) is 13.9. The van der Waals surface area contributed by atoms with Crippen LogP contribution in [0.25, 0.3) is 11.4 Å². The Labute approximate surface area is 127 Å². The number of hydrogen-bond donors (Lipinski definition) is 1. The van der Waals surface area contributed by atoms with Crippen molar-refractivity contribution in [2.45, 2.75) is 6.92 Å². The number of anilines is 1. The number of nitrogens with one attached hydrogen (secondary N) is 1. The molecule has 0 fully saturated rings. The van der Waals surface area contributed by atoms with Crippen molar-refractivity contribution in [2.75, 3.05) is 5.32 Å². The van der Waals surface area contributed by atoms with Gasteiger partial charge in [-0.3, -0.25) is 4.79 Å². The smallest absolute Gasteiger partial charge is 0.255 e. The summed E-state index contributed by atoms with van der Waals surface area (Å²) in [5.74, 6) is 0.546. The Morgan fingerprint density at radius 1 is 1.05 bits per heavy atom. The van der Waals surface area contributed by atoms with Gasteiger partial charge in [0.05, 0.1) is 0 Å². The van der Waals surface area contributed by atoms with Crippen LogP contribution in [0.2, 0.25) is 0 Å². The second-order valence-electron chi connectivity index (χ2n) is 5.02. The highest BCUT2D eigenvalue weighted by molar-refractivity contribution is 6.04.